The minimum atomic E-state index is -1.12. The molecule has 0 aromatic heterocycles. The molecule has 0 aliphatic rings. The normalized spacial score (nSPS) is 9.79. The summed E-state index contributed by atoms with van der Waals surface area (Å²) in [6.07, 6.45) is 0. The number of aromatic carboxylic acids is 1. The lowest BCUT2D eigenvalue weighted by atomic mass is 10.2. The zero-order chi connectivity index (χ0) is 10.6. The summed E-state index contributed by atoms with van der Waals surface area (Å²) in [5, 5.41) is 17.8. The molecule has 0 amide bonds. The summed E-state index contributed by atoms with van der Waals surface area (Å²) in [7, 11) is 1.45. The number of ether oxygens (including phenoxy) is 2. The highest BCUT2D eigenvalue weighted by Crippen LogP contribution is 2.21. The molecular formula is C9H10O5. The van der Waals surface area contributed by atoms with Crippen LogP contribution in [0.5, 0.6) is 11.5 Å². The van der Waals surface area contributed by atoms with Crippen molar-refractivity contribution >= 4 is 5.97 Å². The van der Waals surface area contributed by atoms with Crippen LogP contribution in [0.4, 0.5) is 0 Å². The van der Waals surface area contributed by atoms with E-state index in [1.165, 1.54) is 19.2 Å². The number of phenolic OH excluding ortho intramolecular Hbond substituents is 1. The van der Waals surface area contributed by atoms with E-state index in [1.54, 1.807) is 0 Å². The lowest BCUT2D eigenvalue weighted by molar-refractivity contribution is 0.0506. The van der Waals surface area contributed by atoms with Gasteiger partial charge in [0.25, 0.3) is 0 Å². The van der Waals surface area contributed by atoms with Gasteiger partial charge in [-0.15, -0.1) is 0 Å². The van der Waals surface area contributed by atoms with E-state index < -0.39 is 5.97 Å². The highest BCUT2D eigenvalue weighted by atomic mass is 16.7. The van der Waals surface area contributed by atoms with E-state index in [2.05, 4.69) is 4.74 Å². The lowest BCUT2D eigenvalue weighted by Gasteiger charge is -2.05. The number of carboxylic acid groups (broad SMARTS) is 1. The number of hydrogen-bond donors (Lipinski definition) is 2. The fourth-order valence-corrected chi connectivity index (χ4v) is 0.917. The van der Waals surface area contributed by atoms with Crippen molar-refractivity contribution in [1.29, 1.82) is 0 Å². The Bertz CT molecular complexity index is 334. The molecule has 0 heterocycles. The Balaban J connectivity index is 2.89. The van der Waals surface area contributed by atoms with Crippen LogP contribution >= 0.6 is 0 Å². The summed E-state index contributed by atoms with van der Waals surface area (Å²) in [6.45, 7) is 0.00249. The number of rotatable bonds is 4. The molecule has 1 aromatic rings. The summed E-state index contributed by atoms with van der Waals surface area (Å²) in [4.78, 5) is 10.6. The first-order valence-electron chi connectivity index (χ1n) is 3.82. The van der Waals surface area contributed by atoms with Gasteiger partial charge in [0.2, 0.25) is 0 Å². The number of benzene rings is 1. The van der Waals surface area contributed by atoms with Gasteiger partial charge in [0.15, 0.2) is 6.79 Å². The topological polar surface area (TPSA) is 76.0 Å². The van der Waals surface area contributed by atoms with Gasteiger partial charge in [0.1, 0.15) is 11.5 Å². The zero-order valence-corrected chi connectivity index (χ0v) is 7.56. The second-order valence-corrected chi connectivity index (χ2v) is 2.57. The molecule has 0 unspecified atom stereocenters. The molecule has 0 fully saturated rings. The van der Waals surface area contributed by atoms with Gasteiger partial charge in [-0.05, 0) is 12.1 Å². The van der Waals surface area contributed by atoms with Crippen molar-refractivity contribution in [3.05, 3.63) is 23.8 Å². The largest absolute Gasteiger partial charge is 0.508 e. The highest BCUT2D eigenvalue weighted by molar-refractivity contribution is 5.88. The Morgan fingerprint density at radius 2 is 2.14 bits per heavy atom. The van der Waals surface area contributed by atoms with Gasteiger partial charge in [0.05, 0.1) is 5.56 Å². The first kappa shape index (κ1) is 10.3. The Morgan fingerprint density at radius 1 is 1.43 bits per heavy atom. The summed E-state index contributed by atoms with van der Waals surface area (Å²) in [6, 6.07) is 3.76. The smallest absolute Gasteiger partial charge is 0.335 e. The van der Waals surface area contributed by atoms with Gasteiger partial charge in [-0.1, -0.05) is 0 Å². The third-order valence-electron chi connectivity index (χ3n) is 1.48. The quantitative estimate of drug-likeness (QED) is 0.708. The van der Waals surface area contributed by atoms with E-state index in [9.17, 15) is 4.79 Å². The summed E-state index contributed by atoms with van der Waals surface area (Å²) < 4.78 is 9.62. The molecule has 0 aliphatic heterocycles. The Labute approximate surface area is 80.5 Å². The van der Waals surface area contributed by atoms with Crippen molar-refractivity contribution in [3.63, 3.8) is 0 Å². The second-order valence-electron chi connectivity index (χ2n) is 2.57. The van der Waals surface area contributed by atoms with E-state index in [1.807, 2.05) is 0 Å². The van der Waals surface area contributed by atoms with Crippen LogP contribution in [0.15, 0.2) is 18.2 Å². The molecule has 2 N–H and O–H groups in total. The molecule has 5 heteroatoms. The van der Waals surface area contributed by atoms with Crippen LogP contribution in [0.2, 0.25) is 0 Å². The van der Waals surface area contributed by atoms with E-state index >= 15 is 0 Å². The van der Waals surface area contributed by atoms with Crippen LogP contribution in [0.25, 0.3) is 0 Å². The molecule has 5 nitrogen and oxygen atoms in total. The van der Waals surface area contributed by atoms with Crippen molar-refractivity contribution in [1.82, 2.24) is 0 Å². The molecule has 76 valence electrons. The molecule has 0 saturated heterocycles. The monoisotopic (exact) mass is 198 g/mol. The molecule has 0 atom stereocenters. The van der Waals surface area contributed by atoms with Crippen LogP contribution in [0.1, 0.15) is 10.4 Å². The number of carboxylic acids is 1. The minimum absolute atomic E-state index is 0.00249. The molecule has 0 aliphatic carbocycles. The summed E-state index contributed by atoms with van der Waals surface area (Å²) in [5.74, 6) is -1.02. The van der Waals surface area contributed by atoms with Gasteiger partial charge in [0, 0.05) is 13.2 Å². The van der Waals surface area contributed by atoms with Gasteiger partial charge >= 0.3 is 5.97 Å². The first-order chi connectivity index (χ1) is 6.63. The van der Waals surface area contributed by atoms with Gasteiger partial charge < -0.3 is 19.7 Å². The average Bonchev–Trinajstić information content (AvgIpc) is 2.14. The number of methoxy groups -OCH3 is 1. The molecular weight excluding hydrogens is 188 g/mol. The molecule has 0 bridgehead atoms. The Morgan fingerprint density at radius 3 is 2.71 bits per heavy atom. The molecule has 0 saturated carbocycles. The molecule has 14 heavy (non-hydrogen) atoms. The number of hydrogen-bond acceptors (Lipinski definition) is 4. The van der Waals surface area contributed by atoms with Crippen molar-refractivity contribution < 1.29 is 24.5 Å². The lowest BCUT2D eigenvalue weighted by Crippen LogP contribution is -2.01. The minimum Gasteiger partial charge on any atom is -0.508 e. The predicted octanol–water partition coefficient (Wildman–Crippen LogP) is 1.07. The fraction of sp³-hybridized carbons (Fsp3) is 0.222. The average molecular weight is 198 g/mol. The van der Waals surface area contributed by atoms with E-state index in [0.29, 0.717) is 0 Å². The number of aromatic hydroxyl groups is 1. The number of phenols is 1. The van der Waals surface area contributed by atoms with Crippen molar-refractivity contribution in [2.24, 2.45) is 0 Å². The van der Waals surface area contributed by atoms with E-state index in [4.69, 9.17) is 14.9 Å². The number of carbonyl (C=O) groups is 1. The van der Waals surface area contributed by atoms with Crippen molar-refractivity contribution in [2.75, 3.05) is 13.9 Å². The molecule has 1 aromatic carbocycles. The summed E-state index contributed by atoms with van der Waals surface area (Å²) >= 11 is 0. The fourth-order valence-electron chi connectivity index (χ4n) is 0.917. The third-order valence-corrected chi connectivity index (χ3v) is 1.48. The van der Waals surface area contributed by atoms with Crippen LogP contribution < -0.4 is 4.74 Å². The maximum absolute atomic E-state index is 10.6. The SMILES string of the molecule is COCOc1cc(O)cc(C(=O)O)c1. The van der Waals surface area contributed by atoms with Crippen LogP contribution in [-0.2, 0) is 4.74 Å². The van der Waals surface area contributed by atoms with Crippen molar-refractivity contribution in [2.45, 2.75) is 0 Å². The van der Waals surface area contributed by atoms with Gasteiger partial charge in [-0.25, -0.2) is 4.79 Å². The predicted molar refractivity (Wildman–Crippen MR) is 47.6 cm³/mol. The van der Waals surface area contributed by atoms with Crippen LogP contribution in [0, 0.1) is 0 Å². The third kappa shape index (κ3) is 2.63. The zero-order valence-electron chi connectivity index (χ0n) is 7.56. The first-order valence-corrected chi connectivity index (χ1v) is 3.82. The molecule has 0 spiro atoms. The molecule has 1 rings (SSSR count). The Kier molecular flexibility index (Phi) is 3.30. The molecule has 0 radical (unpaired) electrons. The van der Waals surface area contributed by atoms with Crippen LogP contribution in [-0.4, -0.2) is 30.1 Å². The van der Waals surface area contributed by atoms with E-state index in [0.717, 1.165) is 6.07 Å². The highest BCUT2D eigenvalue weighted by Gasteiger charge is 2.06. The summed E-state index contributed by atoms with van der Waals surface area (Å²) in [5.41, 5.74) is -0.0314. The maximum Gasteiger partial charge on any atom is 0.335 e. The standard InChI is InChI=1S/C9H10O5/c1-13-5-14-8-3-6(9(11)12)2-7(10)4-8/h2-4,10H,5H2,1H3,(H,11,12). The Hall–Kier alpha value is -1.75. The maximum atomic E-state index is 10.6. The van der Waals surface area contributed by atoms with Crippen LogP contribution in [0.3, 0.4) is 0 Å². The van der Waals surface area contributed by atoms with Gasteiger partial charge in [-0.3, -0.25) is 0 Å². The second kappa shape index (κ2) is 4.48. The van der Waals surface area contributed by atoms with Crippen molar-refractivity contribution in [3.8, 4) is 11.5 Å². The van der Waals surface area contributed by atoms with Gasteiger partial charge in [-0.2, -0.15) is 0 Å². The van der Waals surface area contributed by atoms with E-state index in [-0.39, 0.29) is 23.9 Å².